The van der Waals surface area contributed by atoms with Gasteiger partial charge in [0, 0.05) is 26.2 Å². The summed E-state index contributed by atoms with van der Waals surface area (Å²) in [7, 11) is 0. The number of amides is 2. The highest BCUT2D eigenvalue weighted by Gasteiger charge is 2.26. The van der Waals surface area contributed by atoms with Crippen LogP contribution in [0.25, 0.3) is 0 Å². The molecule has 2 heterocycles. The maximum absolute atomic E-state index is 12.8. The van der Waals surface area contributed by atoms with Crippen LogP contribution in [0.3, 0.4) is 0 Å². The van der Waals surface area contributed by atoms with Crippen molar-refractivity contribution in [1.82, 2.24) is 20.4 Å². The number of nitrogens with zero attached hydrogens (tertiary/aromatic N) is 2. The largest absolute Gasteiger partial charge is 0.354 e. The Morgan fingerprint density at radius 3 is 2.41 bits per heavy atom. The van der Waals surface area contributed by atoms with Gasteiger partial charge >= 0.3 is 0 Å². The zero-order chi connectivity index (χ0) is 19.8. The van der Waals surface area contributed by atoms with Crippen LogP contribution in [0.4, 0.5) is 0 Å². The van der Waals surface area contributed by atoms with Crippen LogP contribution in [-0.2, 0) is 9.59 Å². The first kappa shape index (κ1) is 22.2. The van der Waals surface area contributed by atoms with Crippen LogP contribution in [0, 0.1) is 17.8 Å². The minimum absolute atomic E-state index is 0.00750. The summed E-state index contributed by atoms with van der Waals surface area (Å²) < 4.78 is 0. The summed E-state index contributed by atoms with van der Waals surface area (Å²) in [5.74, 6) is 1.81. The average Bonchev–Trinajstić information content (AvgIpc) is 3.13. The summed E-state index contributed by atoms with van der Waals surface area (Å²) in [5, 5.41) is 6.37. The van der Waals surface area contributed by atoms with E-state index < -0.39 is 0 Å². The molecule has 2 rings (SSSR count). The van der Waals surface area contributed by atoms with Crippen molar-refractivity contribution >= 4 is 11.8 Å². The summed E-state index contributed by atoms with van der Waals surface area (Å²) in [4.78, 5) is 29.3. The molecule has 6 heteroatoms. The second-order valence-electron chi connectivity index (χ2n) is 9.22. The smallest absolute Gasteiger partial charge is 0.237 e. The summed E-state index contributed by atoms with van der Waals surface area (Å²) in [5.41, 5.74) is 0. The number of hydrogen-bond acceptors (Lipinski definition) is 4. The van der Waals surface area contributed by atoms with Gasteiger partial charge in [0.2, 0.25) is 11.8 Å². The number of hydrogen-bond donors (Lipinski definition) is 2. The Labute approximate surface area is 165 Å². The van der Waals surface area contributed by atoms with E-state index in [9.17, 15) is 9.59 Å². The predicted octanol–water partition coefficient (Wildman–Crippen LogP) is 1.71. The Morgan fingerprint density at radius 2 is 1.81 bits per heavy atom. The van der Waals surface area contributed by atoms with E-state index in [-0.39, 0.29) is 17.9 Å². The van der Waals surface area contributed by atoms with Crippen molar-refractivity contribution in [2.45, 2.75) is 59.4 Å². The van der Waals surface area contributed by atoms with E-state index in [1.807, 2.05) is 4.90 Å². The molecule has 2 saturated heterocycles. The molecule has 156 valence electrons. The SMILES string of the molecule is CC(C)CN(CC(C)C)C(=O)CN1CCCC(CNC(=O)C2CCCN2)C1. The Bertz CT molecular complexity index is 465. The second kappa shape index (κ2) is 11.0. The van der Waals surface area contributed by atoms with Gasteiger partial charge in [0.1, 0.15) is 0 Å². The van der Waals surface area contributed by atoms with Gasteiger partial charge in [-0.05, 0) is 56.5 Å². The Morgan fingerprint density at radius 1 is 1.11 bits per heavy atom. The van der Waals surface area contributed by atoms with E-state index in [1.165, 1.54) is 0 Å². The molecule has 0 aromatic rings. The first-order valence-electron chi connectivity index (χ1n) is 10.9. The van der Waals surface area contributed by atoms with Gasteiger partial charge in [0.25, 0.3) is 0 Å². The lowest BCUT2D eigenvalue weighted by Gasteiger charge is -2.35. The standard InChI is InChI=1S/C21H40N4O2/c1-16(2)12-25(13-17(3)4)20(26)15-24-10-6-7-18(14-24)11-23-21(27)19-8-5-9-22-19/h16-19,22H,5-15H2,1-4H3,(H,23,27). The molecule has 0 spiro atoms. The Kier molecular flexibility index (Phi) is 9.03. The van der Waals surface area contributed by atoms with Gasteiger partial charge in [-0.25, -0.2) is 0 Å². The number of carbonyl (C=O) groups is 2. The molecule has 0 bridgehead atoms. The van der Waals surface area contributed by atoms with Crippen molar-refractivity contribution in [2.75, 3.05) is 45.8 Å². The molecule has 2 fully saturated rings. The molecule has 2 unspecified atom stereocenters. The lowest BCUT2D eigenvalue weighted by molar-refractivity contribution is -0.134. The zero-order valence-electron chi connectivity index (χ0n) is 17.8. The Balaban J connectivity index is 1.78. The normalized spacial score (nSPS) is 23.8. The van der Waals surface area contributed by atoms with Crippen LogP contribution in [0.2, 0.25) is 0 Å². The highest BCUT2D eigenvalue weighted by molar-refractivity contribution is 5.82. The van der Waals surface area contributed by atoms with Crippen LogP contribution in [-0.4, -0.2) is 73.5 Å². The fourth-order valence-corrected chi connectivity index (χ4v) is 4.19. The van der Waals surface area contributed by atoms with Crippen LogP contribution in [0.1, 0.15) is 53.4 Å². The van der Waals surface area contributed by atoms with Crippen LogP contribution < -0.4 is 10.6 Å². The molecule has 0 aromatic carbocycles. The third-order valence-corrected chi connectivity index (χ3v) is 5.43. The molecule has 27 heavy (non-hydrogen) atoms. The van der Waals surface area contributed by atoms with Crippen LogP contribution in [0.5, 0.6) is 0 Å². The van der Waals surface area contributed by atoms with Crippen molar-refractivity contribution in [1.29, 1.82) is 0 Å². The molecular weight excluding hydrogens is 340 g/mol. The van der Waals surface area contributed by atoms with Gasteiger partial charge in [0.05, 0.1) is 12.6 Å². The monoisotopic (exact) mass is 380 g/mol. The van der Waals surface area contributed by atoms with Crippen molar-refractivity contribution in [3.8, 4) is 0 Å². The number of nitrogens with one attached hydrogen (secondary N) is 2. The molecule has 0 radical (unpaired) electrons. The quantitative estimate of drug-likeness (QED) is 0.639. The van der Waals surface area contributed by atoms with Crippen LogP contribution in [0.15, 0.2) is 0 Å². The average molecular weight is 381 g/mol. The lowest BCUT2D eigenvalue weighted by atomic mass is 9.97. The van der Waals surface area contributed by atoms with Gasteiger partial charge in [-0.2, -0.15) is 0 Å². The predicted molar refractivity (Wildman–Crippen MR) is 109 cm³/mol. The van der Waals surface area contributed by atoms with E-state index in [0.29, 0.717) is 24.3 Å². The van der Waals surface area contributed by atoms with Crippen molar-refractivity contribution < 1.29 is 9.59 Å². The lowest BCUT2D eigenvalue weighted by Crippen LogP contribution is -2.48. The van der Waals surface area contributed by atoms with Gasteiger partial charge in [-0.1, -0.05) is 27.7 Å². The summed E-state index contributed by atoms with van der Waals surface area (Å²) in [6, 6.07) is -0.00750. The molecular formula is C21H40N4O2. The van der Waals surface area contributed by atoms with E-state index in [2.05, 4.69) is 43.2 Å². The molecule has 0 saturated carbocycles. The summed E-state index contributed by atoms with van der Waals surface area (Å²) >= 11 is 0. The number of likely N-dealkylation sites (tertiary alicyclic amines) is 1. The van der Waals surface area contributed by atoms with Crippen molar-refractivity contribution in [3.05, 3.63) is 0 Å². The highest BCUT2D eigenvalue weighted by Crippen LogP contribution is 2.17. The minimum atomic E-state index is -0.00750. The molecule has 0 aromatic heterocycles. The molecule has 0 aliphatic carbocycles. The minimum Gasteiger partial charge on any atom is -0.354 e. The van der Waals surface area contributed by atoms with Gasteiger partial charge < -0.3 is 15.5 Å². The second-order valence-corrected chi connectivity index (χ2v) is 9.22. The molecule has 2 aliphatic rings. The third kappa shape index (κ3) is 7.78. The summed E-state index contributed by atoms with van der Waals surface area (Å²) in [6.07, 6.45) is 4.26. The fourth-order valence-electron chi connectivity index (χ4n) is 4.19. The van der Waals surface area contributed by atoms with Gasteiger partial charge in [-0.3, -0.25) is 14.5 Å². The van der Waals surface area contributed by atoms with Gasteiger partial charge in [0.15, 0.2) is 0 Å². The topological polar surface area (TPSA) is 64.7 Å². The maximum atomic E-state index is 12.8. The van der Waals surface area contributed by atoms with Crippen molar-refractivity contribution in [2.24, 2.45) is 17.8 Å². The number of carbonyl (C=O) groups excluding carboxylic acids is 2. The Hall–Kier alpha value is -1.14. The molecule has 6 nitrogen and oxygen atoms in total. The van der Waals surface area contributed by atoms with Crippen LogP contribution >= 0.6 is 0 Å². The zero-order valence-corrected chi connectivity index (χ0v) is 17.8. The summed E-state index contributed by atoms with van der Waals surface area (Å²) in [6.45, 7) is 14.4. The molecule has 2 atom stereocenters. The fraction of sp³-hybridized carbons (Fsp3) is 0.905. The number of rotatable bonds is 9. The highest BCUT2D eigenvalue weighted by atomic mass is 16.2. The maximum Gasteiger partial charge on any atom is 0.237 e. The molecule has 2 aliphatic heterocycles. The molecule has 2 amide bonds. The van der Waals surface area contributed by atoms with E-state index in [1.54, 1.807) is 0 Å². The first-order valence-corrected chi connectivity index (χ1v) is 10.9. The first-order chi connectivity index (χ1) is 12.8. The van der Waals surface area contributed by atoms with E-state index in [4.69, 9.17) is 0 Å². The van der Waals surface area contributed by atoms with E-state index in [0.717, 1.165) is 65.0 Å². The molecule has 2 N–H and O–H groups in total. The third-order valence-electron chi connectivity index (χ3n) is 5.43. The van der Waals surface area contributed by atoms with Gasteiger partial charge in [-0.15, -0.1) is 0 Å². The number of piperidine rings is 1. The van der Waals surface area contributed by atoms with E-state index >= 15 is 0 Å². The van der Waals surface area contributed by atoms with Crippen molar-refractivity contribution in [3.63, 3.8) is 0 Å².